The Labute approximate surface area is 117 Å². The number of anilines is 2. The van der Waals surface area contributed by atoms with E-state index in [2.05, 4.69) is 23.8 Å². The van der Waals surface area contributed by atoms with Crippen molar-refractivity contribution in [2.75, 3.05) is 24.9 Å². The van der Waals surface area contributed by atoms with E-state index in [0.29, 0.717) is 11.4 Å². The SMILES string of the molecule is C=C(OC)C(=O)Nc1ccc(NC(=O)C(=C)OC)cc1. The van der Waals surface area contributed by atoms with Gasteiger partial charge < -0.3 is 20.1 Å². The minimum absolute atomic E-state index is 0.0128. The highest BCUT2D eigenvalue weighted by molar-refractivity contribution is 6.03. The predicted molar refractivity (Wildman–Crippen MR) is 76.0 cm³/mol. The van der Waals surface area contributed by atoms with Crippen LogP contribution in [0.25, 0.3) is 0 Å². The van der Waals surface area contributed by atoms with E-state index in [1.807, 2.05) is 0 Å². The number of rotatable bonds is 6. The Morgan fingerprint density at radius 2 is 1.15 bits per heavy atom. The maximum atomic E-state index is 11.5. The Kier molecular flexibility index (Phi) is 5.34. The number of carbonyl (C=O) groups excluding carboxylic acids is 2. The number of hydrogen-bond acceptors (Lipinski definition) is 4. The molecule has 0 saturated carbocycles. The van der Waals surface area contributed by atoms with Crippen molar-refractivity contribution in [3.63, 3.8) is 0 Å². The van der Waals surface area contributed by atoms with E-state index < -0.39 is 11.8 Å². The van der Waals surface area contributed by atoms with E-state index in [9.17, 15) is 9.59 Å². The first kappa shape index (κ1) is 15.3. The summed E-state index contributed by atoms with van der Waals surface area (Å²) in [7, 11) is 2.73. The maximum absolute atomic E-state index is 11.5. The lowest BCUT2D eigenvalue weighted by atomic mass is 10.2. The zero-order chi connectivity index (χ0) is 15.1. The second kappa shape index (κ2) is 6.98. The predicted octanol–water partition coefficient (Wildman–Crippen LogP) is 1.88. The fourth-order valence-corrected chi connectivity index (χ4v) is 1.22. The molecule has 0 saturated heterocycles. The van der Waals surface area contributed by atoms with Crippen LogP contribution in [0.5, 0.6) is 0 Å². The van der Waals surface area contributed by atoms with E-state index in [1.165, 1.54) is 14.2 Å². The van der Waals surface area contributed by atoms with Crippen molar-refractivity contribution in [2.45, 2.75) is 0 Å². The summed E-state index contributed by atoms with van der Waals surface area (Å²) in [5.41, 5.74) is 1.11. The van der Waals surface area contributed by atoms with Crippen LogP contribution in [0.15, 0.2) is 48.9 Å². The van der Waals surface area contributed by atoms with Gasteiger partial charge in [-0.15, -0.1) is 0 Å². The van der Waals surface area contributed by atoms with Crippen molar-refractivity contribution in [3.05, 3.63) is 48.9 Å². The van der Waals surface area contributed by atoms with Crippen LogP contribution >= 0.6 is 0 Å². The Morgan fingerprint density at radius 1 is 0.850 bits per heavy atom. The maximum Gasteiger partial charge on any atom is 0.290 e. The van der Waals surface area contributed by atoms with Crippen molar-refractivity contribution in [1.29, 1.82) is 0 Å². The molecule has 0 unspecified atom stereocenters. The average Bonchev–Trinajstić information content (AvgIpc) is 2.47. The van der Waals surface area contributed by atoms with Crippen LogP contribution in [0.1, 0.15) is 0 Å². The van der Waals surface area contributed by atoms with Crippen LogP contribution in [-0.2, 0) is 19.1 Å². The number of methoxy groups -OCH3 is 2. The normalized spacial score (nSPS) is 9.30. The molecule has 1 aromatic carbocycles. The topological polar surface area (TPSA) is 76.7 Å². The summed E-state index contributed by atoms with van der Waals surface area (Å²) < 4.78 is 9.42. The summed E-state index contributed by atoms with van der Waals surface area (Å²) >= 11 is 0. The second-order valence-corrected chi connectivity index (χ2v) is 3.74. The number of amides is 2. The number of hydrogen-bond donors (Lipinski definition) is 2. The molecule has 1 rings (SSSR count). The fraction of sp³-hybridized carbons (Fsp3) is 0.143. The summed E-state index contributed by atoms with van der Waals surface area (Å²) in [6.45, 7) is 6.88. The summed E-state index contributed by atoms with van der Waals surface area (Å²) in [4.78, 5) is 23.0. The number of nitrogens with one attached hydrogen (secondary N) is 2. The molecule has 0 aliphatic heterocycles. The van der Waals surface area contributed by atoms with Crippen LogP contribution in [0.3, 0.4) is 0 Å². The van der Waals surface area contributed by atoms with Gasteiger partial charge in [0.1, 0.15) is 0 Å². The standard InChI is InChI=1S/C14H16N2O4/c1-9(19-3)13(17)15-11-5-7-12(8-6-11)16-14(18)10(2)20-4/h5-8H,1-2H2,3-4H3,(H,15,17)(H,16,18). The molecule has 0 bridgehead atoms. The molecule has 6 heteroatoms. The molecule has 0 aliphatic rings. The van der Waals surface area contributed by atoms with Gasteiger partial charge in [0.2, 0.25) is 0 Å². The van der Waals surface area contributed by atoms with Gasteiger partial charge in [-0.3, -0.25) is 9.59 Å². The molecular formula is C14H16N2O4. The third kappa shape index (κ3) is 4.16. The highest BCUT2D eigenvalue weighted by Crippen LogP contribution is 2.15. The van der Waals surface area contributed by atoms with Gasteiger partial charge in [-0.25, -0.2) is 0 Å². The largest absolute Gasteiger partial charge is 0.492 e. The molecule has 106 valence electrons. The van der Waals surface area contributed by atoms with E-state index in [1.54, 1.807) is 24.3 Å². The summed E-state index contributed by atoms with van der Waals surface area (Å²) in [5.74, 6) is -0.841. The van der Waals surface area contributed by atoms with Crippen LogP contribution < -0.4 is 10.6 Å². The monoisotopic (exact) mass is 276 g/mol. The van der Waals surface area contributed by atoms with Gasteiger partial charge in [0.05, 0.1) is 14.2 Å². The molecule has 0 fully saturated rings. The molecule has 0 heterocycles. The Balaban J connectivity index is 2.65. The summed E-state index contributed by atoms with van der Waals surface area (Å²) in [5, 5.41) is 5.18. The van der Waals surface area contributed by atoms with Gasteiger partial charge in [0, 0.05) is 11.4 Å². The lowest BCUT2D eigenvalue weighted by Gasteiger charge is -2.09. The molecule has 0 radical (unpaired) electrons. The van der Waals surface area contributed by atoms with Crippen molar-refractivity contribution in [3.8, 4) is 0 Å². The van der Waals surface area contributed by atoms with Crippen molar-refractivity contribution in [2.24, 2.45) is 0 Å². The number of carbonyl (C=O) groups is 2. The zero-order valence-corrected chi connectivity index (χ0v) is 11.4. The molecule has 20 heavy (non-hydrogen) atoms. The first-order chi connectivity index (χ1) is 9.47. The third-order valence-corrected chi connectivity index (χ3v) is 2.40. The van der Waals surface area contributed by atoms with Gasteiger partial charge in [0.25, 0.3) is 11.8 Å². The van der Waals surface area contributed by atoms with E-state index in [-0.39, 0.29) is 11.5 Å². The Hall–Kier alpha value is -2.76. The quantitative estimate of drug-likeness (QED) is 0.614. The smallest absolute Gasteiger partial charge is 0.290 e. The average molecular weight is 276 g/mol. The minimum Gasteiger partial charge on any atom is -0.492 e. The van der Waals surface area contributed by atoms with Crippen LogP contribution in [0.4, 0.5) is 11.4 Å². The molecule has 0 spiro atoms. The molecule has 0 aliphatic carbocycles. The van der Waals surface area contributed by atoms with Crippen molar-refractivity contribution in [1.82, 2.24) is 0 Å². The number of benzene rings is 1. The minimum atomic E-state index is -0.433. The first-order valence-corrected chi connectivity index (χ1v) is 5.66. The van der Waals surface area contributed by atoms with E-state index in [0.717, 1.165) is 0 Å². The first-order valence-electron chi connectivity index (χ1n) is 5.66. The molecule has 0 atom stereocenters. The molecule has 2 N–H and O–H groups in total. The molecular weight excluding hydrogens is 260 g/mol. The van der Waals surface area contributed by atoms with Crippen LogP contribution in [0, 0.1) is 0 Å². The summed E-state index contributed by atoms with van der Waals surface area (Å²) in [6.07, 6.45) is 0. The Morgan fingerprint density at radius 3 is 1.40 bits per heavy atom. The Bertz CT molecular complexity index is 486. The zero-order valence-electron chi connectivity index (χ0n) is 11.4. The van der Waals surface area contributed by atoms with Crippen molar-refractivity contribution >= 4 is 23.2 Å². The highest BCUT2D eigenvalue weighted by atomic mass is 16.5. The van der Waals surface area contributed by atoms with Crippen molar-refractivity contribution < 1.29 is 19.1 Å². The molecule has 0 aromatic heterocycles. The fourth-order valence-electron chi connectivity index (χ4n) is 1.22. The van der Waals surface area contributed by atoms with Crippen LogP contribution in [-0.4, -0.2) is 26.0 Å². The van der Waals surface area contributed by atoms with Gasteiger partial charge in [-0.1, -0.05) is 13.2 Å². The number of ether oxygens (including phenoxy) is 2. The van der Waals surface area contributed by atoms with E-state index >= 15 is 0 Å². The van der Waals surface area contributed by atoms with Gasteiger partial charge >= 0.3 is 0 Å². The highest BCUT2D eigenvalue weighted by Gasteiger charge is 2.09. The summed E-state index contributed by atoms with van der Waals surface area (Å²) in [6, 6.07) is 6.52. The molecule has 1 aromatic rings. The van der Waals surface area contributed by atoms with E-state index in [4.69, 9.17) is 9.47 Å². The third-order valence-electron chi connectivity index (χ3n) is 2.40. The van der Waals surface area contributed by atoms with Gasteiger partial charge in [-0.05, 0) is 24.3 Å². The molecule has 6 nitrogen and oxygen atoms in total. The second-order valence-electron chi connectivity index (χ2n) is 3.74. The van der Waals surface area contributed by atoms with Gasteiger partial charge in [-0.2, -0.15) is 0 Å². The lowest BCUT2D eigenvalue weighted by molar-refractivity contribution is -0.116. The lowest BCUT2D eigenvalue weighted by Crippen LogP contribution is -2.16. The van der Waals surface area contributed by atoms with Gasteiger partial charge in [0.15, 0.2) is 11.5 Å². The van der Waals surface area contributed by atoms with Crippen LogP contribution in [0.2, 0.25) is 0 Å². The molecule has 2 amide bonds.